The maximum atomic E-state index is 4.70. The van der Waals surface area contributed by atoms with E-state index in [1.807, 2.05) is 0 Å². The van der Waals surface area contributed by atoms with Gasteiger partial charge in [0.25, 0.3) is 0 Å². The van der Waals surface area contributed by atoms with Crippen molar-refractivity contribution in [1.82, 2.24) is 0 Å². The Morgan fingerprint density at radius 1 is 0.938 bits per heavy atom. The molecular formula is C12H6I2NSe. The van der Waals surface area contributed by atoms with Crippen LogP contribution < -0.4 is 9.82 Å². The van der Waals surface area contributed by atoms with Gasteiger partial charge < -0.3 is 0 Å². The molecule has 2 aromatic carbocycles. The third kappa shape index (κ3) is 2.12. The molecule has 16 heavy (non-hydrogen) atoms. The molecule has 4 heteroatoms. The molecule has 79 valence electrons. The second-order valence-corrected chi connectivity index (χ2v) is 8.20. The minimum atomic E-state index is 0.398. The number of nitrogens with zero attached hydrogens (tertiary/aromatic N) is 1. The van der Waals surface area contributed by atoms with Crippen molar-refractivity contribution < 1.29 is 0 Å². The summed E-state index contributed by atoms with van der Waals surface area (Å²) in [6.45, 7) is 0. The zero-order valence-corrected chi connectivity index (χ0v) is 14.1. The van der Waals surface area contributed by atoms with Crippen LogP contribution in [0, 0.1) is 11.2 Å². The van der Waals surface area contributed by atoms with Gasteiger partial charge in [-0.25, -0.2) is 0 Å². The van der Waals surface area contributed by atoms with Crippen LogP contribution in [0.4, 0.5) is 5.69 Å². The van der Waals surface area contributed by atoms with Crippen LogP contribution in [-0.4, -0.2) is 14.5 Å². The van der Waals surface area contributed by atoms with E-state index in [0.29, 0.717) is 14.5 Å². The average Bonchev–Trinajstić information content (AvgIpc) is 2.26. The van der Waals surface area contributed by atoms with Gasteiger partial charge in [0.2, 0.25) is 0 Å². The van der Waals surface area contributed by atoms with E-state index in [-0.39, 0.29) is 0 Å². The molecule has 3 rings (SSSR count). The summed E-state index contributed by atoms with van der Waals surface area (Å²) >= 11 is 5.12. The first-order chi connectivity index (χ1) is 7.72. The Labute approximate surface area is 126 Å². The Morgan fingerprint density at radius 3 is 2.56 bits per heavy atom. The van der Waals surface area contributed by atoms with E-state index in [1.54, 1.807) is 0 Å². The second-order valence-electron chi connectivity index (χ2n) is 3.44. The summed E-state index contributed by atoms with van der Waals surface area (Å²) in [5.74, 6) is 0. The van der Waals surface area contributed by atoms with Crippen LogP contribution in [0.5, 0.6) is 0 Å². The normalized spacial score (nSPS) is 12.1. The molecule has 0 aromatic heterocycles. The maximum absolute atomic E-state index is 4.70. The Bertz CT molecular complexity index is 695. The molecule has 0 saturated carbocycles. The molecule has 0 atom stereocenters. The molecule has 0 amide bonds. The van der Waals surface area contributed by atoms with Gasteiger partial charge in [-0.2, -0.15) is 0 Å². The second kappa shape index (κ2) is 4.48. The number of halogens is 2. The summed E-state index contributed by atoms with van der Waals surface area (Å²) in [4.78, 5) is 4.70. The standard InChI is InChI=1S/C12H6I2NSe/c13-7-1-3-9-11(5-7)16-12-6-8(14)2-4-10(12)15-9/h1-6H. The molecule has 1 heterocycles. The van der Waals surface area contributed by atoms with E-state index in [4.69, 9.17) is 4.99 Å². The van der Waals surface area contributed by atoms with Crippen LogP contribution in [0.2, 0.25) is 0 Å². The fourth-order valence-electron chi connectivity index (χ4n) is 1.57. The first-order valence-corrected chi connectivity index (χ1v) is 8.58. The topological polar surface area (TPSA) is 12.4 Å². The summed E-state index contributed by atoms with van der Waals surface area (Å²) in [5.41, 5.74) is 1.15. The van der Waals surface area contributed by atoms with Crippen molar-refractivity contribution in [3.05, 3.63) is 53.0 Å². The number of hydrogen-bond donors (Lipinski definition) is 0. The molecule has 1 aliphatic heterocycles. The van der Waals surface area contributed by atoms with Crippen molar-refractivity contribution in [2.75, 3.05) is 0 Å². The molecule has 2 aromatic rings. The summed E-state index contributed by atoms with van der Waals surface area (Å²) < 4.78 is 5.38. The van der Waals surface area contributed by atoms with Gasteiger partial charge in [0.15, 0.2) is 0 Å². The average molecular weight is 497 g/mol. The van der Waals surface area contributed by atoms with Gasteiger partial charge in [-0.1, -0.05) is 0 Å². The predicted octanol–water partition coefficient (Wildman–Crippen LogP) is 2.44. The van der Waals surface area contributed by atoms with Gasteiger partial charge in [-0.05, 0) is 0 Å². The minimum absolute atomic E-state index is 0.398. The van der Waals surface area contributed by atoms with Crippen molar-refractivity contribution in [2.24, 2.45) is 4.99 Å². The molecular weight excluding hydrogens is 491 g/mol. The fourth-order valence-corrected chi connectivity index (χ4v) is 5.70. The van der Waals surface area contributed by atoms with Crippen LogP contribution in [0.15, 0.2) is 41.4 Å². The molecule has 0 bridgehead atoms. The zero-order valence-electron chi connectivity index (χ0n) is 8.08. The summed E-state index contributed by atoms with van der Waals surface area (Å²) in [6.07, 6.45) is 0. The first kappa shape index (κ1) is 11.3. The summed E-state index contributed by atoms with van der Waals surface area (Å²) in [5, 5.41) is 1.15. The van der Waals surface area contributed by atoms with Gasteiger partial charge in [-0.3, -0.25) is 0 Å². The van der Waals surface area contributed by atoms with Crippen molar-refractivity contribution in [1.29, 1.82) is 0 Å². The van der Waals surface area contributed by atoms with Gasteiger partial charge in [-0.15, -0.1) is 0 Å². The van der Waals surface area contributed by atoms with E-state index >= 15 is 0 Å². The molecule has 1 aliphatic rings. The number of rotatable bonds is 0. The van der Waals surface area contributed by atoms with Gasteiger partial charge >= 0.3 is 128 Å². The Morgan fingerprint density at radius 2 is 1.69 bits per heavy atom. The Kier molecular flexibility index (Phi) is 3.17. The van der Waals surface area contributed by atoms with Crippen molar-refractivity contribution in [3.63, 3.8) is 0 Å². The number of hydrogen-bond acceptors (Lipinski definition) is 1. The molecule has 1 nitrogen and oxygen atoms in total. The van der Waals surface area contributed by atoms with Gasteiger partial charge in [0.1, 0.15) is 0 Å². The van der Waals surface area contributed by atoms with Gasteiger partial charge in [0, 0.05) is 0 Å². The molecule has 0 saturated heterocycles. The van der Waals surface area contributed by atoms with E-state index in [1.165, 1.54) is 15.7 Å². The molecule has 0 aliphatic carbocycles. The third-order valence-electron chi connectivity index (χ3n) is 2.30. The number of benzene rings is 2. The van der Waals surface area contributed by atoms with Crippen molar-refractivity contribution >= 4 is 69.9 Å². The van der Waals surface area contributed by atoms with Crippen LogP contribution >= 0.6 is 45.2 Å². The molecule has 0 N–H and O–H groups in total. The van der Waals surface area contributed by atoms with Crippen molar-refractivity contribution in [2.45, 2.75) is 0 Å². The predicted molar refractivity (Wildman–Crippen MR) is 83.4 cm³/mol. The molecule has 0 spiro atoms. The van der Waals surface area contributed by atoms with Gasteiger partial charge in [0.05, 0.1) is 0 Å². The van der Waals surface area contributed by atoms with Crippen LogP contribution in [0.25, 0.3) is 0 Å². The summed E-state index contributed by atoms with van der Waals surface area (Å²) in [7, 11) is 0. The number of fused-ring (bicyclic) bond motifs is 2. The van der Waals surface area contributed by atoms with E-state index < -0.39 is 0 Å². The van der Waals surface area contributed by atoms with Crippen LogP contribution in [0.3, 0.4) is 0 Å². The van der Waals surface area contributed by atoms with E-state index in [2.05, 4.69) is 81.6 Å². The summed E-state index contributed by atoms with van der Waals surface area (Å²) in [6, 6.07) is 13.0. The molecule has 1 radical (unpaired) electrons. The first-order valence-electron chi connectivity index (χ1n) is 4.71. The fraction of sp³-hybridized carbons (Fsp3) is 0. The molecule has 0 fully saturated rings. The van der Waals surface area contributed by atoms with E-state index in [0.717, 1.165) is 11.0 Å². The Balaban J connectivity index is 2.35. The monoisotopic (exact) mass is 498 g/mol. The molecule has 0 unspecified atom stereocenters. The SMILES string of the molecule is Ic1ccc2c(c1)[Se]=c1cc(I)ccc1=N2. The van der Waals surface area contributed by atoms with E-state index in [9.17, 15) is 0 Å². The third-order valence-corrected chi connectivity index (χ3v) is 5.94. The van der Waals surface area contributed by atoms with Crippen LogP contribution in [0.1, 0.15) is 0 Å². The van der Waals surface area contributed by atoms with Crippen LogP contribution in [-0.2, 0) is 0 Å². The quantitative estimate of drug-likeness (QED) is 0.335. The Hall–Kier alpha value is 0.219. The van der Waals surface area contributed by atoms with Crippen molar-refractivity contribution in [3.8, 4) is 0 Å². The zero-order chi connectivity index (χ0) is 11.1.